The maximum absolute atomic E-state index is 14.0. The van der Waals surface area contributed by atoms with Crippen LogP contribution in [-0.2, 0) is 0 Å². The lowest BCUT2D eigenvalue weighted by atomic mass is 10.0. The van der Waals surface area contributed by atoms with Gasteiger partial charge in [0.2, 0.25) is 0 Å². The molecule has 1 aromatic heterocycles. The van der Waals surface area contributed by atoms with Crippen LogP contribution in [0, 0.1) is 17.5 Å². The normalized spacial score (nSPS) is 20.8. The number of benzene rings is 1. The first-order valence-corrected chi connectivity index (χ1v) is 7.01. The van der Waals surface area contributed by atoms with E-state index < -0.39 is 35.5 Å². The highest BCUT2D eigenvalue weighted by Gasteiger charge is 2.38. The fourth-order valence-corrected chi connectivity index (χ4v) is 2.81. The Morgan fingerprint density at radius 3 is 2.74 bits per heavy atom. The van der Waals surface area contributed by atoms with E-state index in [0.29, 0.717) is 0 Å². The molecule has 0 spiro atoms. The van der Waals surface area contributed by atoms with Crippen molar-refractivity contribution < 1.29 is 23.1 Å². The summed E-state index contributed by atoms with van der Waals surface area (Å²) in [5, 5.41) is 9.84. The van der Waals surface area contributed by atoms with Crippen LogP contribution < -0.4 is 0 Å². The van der Waals surface area contributed by atoms with Crippen LogP contribution in [0.1, 0.15) is 28.4 Å². The predicted molar refractivity (Wildman–Crippen MR) is 75.0 cm³/mol. The molecule has 3 rings (SSSR count). The van der Waals surface area contributed by atoms with Crippen molar-refractivity contribution in [1.82, 2.24) is 9.88 Å². The lowest BCUT2D eigenvalue weighted by molar-refractivity contribution is 0.0709. The second kappa shape index (κ2) is 6.00. The van der Waals surface area contributed by atoms with Crippen LogP contribution >= 0.6 is 0 Å². The molecule has 0 radical (unpaired) electrons. The number of likely N-dealkylation sites (tertiary alicyclic amines) is 1. The van der Waals surface area contributed by atoms with Crippen molar-refractivity contribution in [1.29, 1.82) is 0 Å². The lowest BCUT2D eigenvalue weighted by Gasteiger charge is -2.25. The molecule has 2 heterocycles. The van der Waals surface area contributed by atoms with Crippen LogP contribution in [-0.4, -0.2) is 33.5 Å². The standard InChI is InChI=1S/C16H13F3N2O2/c17-9-1-2-13(18)12(5-9)15-6-10(22)8-21(15)16(23)11-3-4-20-7-14(11)19/h1-5,7,10,15,22H,6,8H2/t10-,15+/m0/s1. The summed E-state index contributed by atoms with van der Waals surface area (Å²) in [6.07, 6.45) is 1.33. The minimum atomic E-state index is -0.892. The van der Waals surface area contributed by atoms with Crippen molar-refractivity contribution >= 4 is 5.91 Å². The van der Waals surface area contributed by atoms with E-state index in [1.54, 1.807) is 0 Å². The summed E-state index contributed by atoms with van der Waals surface area (Å²) in [6.45, 7) is -0.0821. The Morgan fingerprint density at radius 1 is 1.22 bits per heavy atom. The van der Waals surface area contributed by atoms with Crippen molar-refractivity contribution in [3.63, 3.8) is 0 Å². The molecule has 1 aliphatic heterocycles. The average Bonchev–Trinajstić information content (AvgIpc) is 2.91. The van der Waals surface area contributed by atoms with Crippen molar-refractivity contribution in [2.45, 2.75) is 18.6 Å². The molecule has 1 fully saturated rings. The lowest BCUT2D eigenvalue weighted by Crippen LogP contribution is -2.32. The highest BCUT2D eigenvalue weighted by atomic mass is 19.1. The predicted octanol–water partition coefficient (Wildman–Crippen LogP) is 2.45. The smallest absolute Gasteiger partial charge is 0.257 e. The molecule has 0 unspecified atom stereocenters. The van der Waals surface area contributed by atoms with Gasteiger partial charge in [0, 0.05) is 18.3 Å². The summed E-state index contributed by atoms with van der Waals surface area (Å²) in [5.41, 5.74) is -0.264. The molecule has 2 aromatic rings. The topological polar surface area (TPSA) is 53.4 Å². The molecule has 23 heavy (non-hydrogen) atoms. The van der Waals surface area contributed by atoms with Gasteiger partial charge >= 0.3 is 0 Å². The summed E-state index contributed by atoms with van der Waals surface area (Å²) in [7, 11) is 0. The number of aliphatic hydroxyl groups is 1. The van der Waals surface area contributed by atoms with Crippen LogP contribution in [0.2, 0.25) is 0 Å². The van der Waals surface area contributed by atoms with Crippen LogP contribution in [0.4, 0.5) is 13.2 Å². The molecule has 0 saturated carbocycles. The molecule has 2 atom stereocenters. The summed E-state index contributed by atoms with van der Waals surface area (Å²) in [6, 6.07) is 3.27. The third-order valence-electron chi connectivity index (χ3n) is 3.86. The van der Waals surface area contributed by atoms with E-state index in [-0.39, 0.29) is 24.1 Å². The molecule has 1 saturated heterocycles. The van der Waals surface area contributed by atoms with E-state index >= 15 is 0 Å². The number of aliphatic hydroxyl groups excluding tert-OH is 1. The molecular formula is C16H13F3N2O2. The minimum absolute atomic E-state index is 0.0376. The number of carbonyl (C=O) groups is 1. The van der Waals surface area contributed by atoms with E-state index in [2.05, 4.69) is 4.98 Å². The van der Waals surface area contributed by atoms with Crippen LogP contribution in [0.25, 0.3) is 0 Å². The van der Waals surface area contributed by atoms with Gasteiger partial charge < -0.3 is 10.0 Å². The molecule has 4 nitrogen and oxygen atoms in total. The van der Waals surface area contributed by atoms with Crippen molar-refractivity contribution in [2.75, 3.05) is 6.54 Å². The van der Waals surface area contributed by atoms with Gasteiger partial charge in [-0.05, 0) is 30.7 Å². The fourth-order valence-electron chi connectivity index (χ4n) is 2.81. The van der Waals surface area contributed by atoms with Crippen molar-refractivity contribution in [2.24, 2.45) is 0 Å². The summed E-state index contributed by atoms with van der Waals surface area (Å²) >= 11 is 0. The maximum atomic E-state index is 14.0. The molecule has 0 aliphatic carbocycles. The zero-order valence-electron chi connectivity index (χ0n) is 11.9. The SMILES string of the molecule is O=C(c1ccncc1F)N1C[C@@H](O)C[C@@H]1c1cc(F)ccc1F. The summed E-state index contributed by atoms with van der Waals surface area (Å²) in [4.78, 5) is 17.2. The van der Waals surface area contributed by atoms with Crippen LogP contribution in [0.5, 0.6) is 0 Å². The number of β-amino-alcohol motifs (C(OH)–C–C–N with tert-alkyl or cyclic N) is 1. The van der Waals surface area contributed by atoms with Crippen LogP contribution in [0.3, 0.4) is 0 Å². The number of rotatable bonds is 2. The first-order valence-electron chi connectivity index (χ1n) is 7.01. The first-order chi connectivity index (χ1) is 11.0. The number of carbonyl (C=O) groups excluding carboxylic acids is 1. The zero-order valence-corrected chi connectivity index (χ0v) is 11.9. The molecule has 1 aromatic carbocycles. The molecule has 1 N–H and O–H groups in total. The molecule has 7 heteroatoms. The Bertz CT molecular complexity index is 754. The highest BCUT2D eigenvalue weighted by molar-refractivity contribution is 5.94. The quantitative estimate of drug-likeness (QED) is 0.924. The Balaban J connectivity index is 1.99. The van der Waals surface area contributed by atoms with Gasteiger partial charge in [-0.3, -0.25) is 9.78 Å². The Labute approximate surface area is 130 Å². The molecule has 120 valence electrons. The maximum Gasteiger partial charge on any atom is 0.257 e. The zero-order chi connectivity index (χ0) is 16.6. The van der Waals surface area contributed by atoms with Gasteiger partial charge in [0.25, 0.3) is 5.91 Å². The highest BCUT2D eigenvalue weighted by Crippen LogP contribution is 2.35. The Kier molecular flexibility index (Phi) is 4.04. The first kappa shape index (κ1) is 15.5. The second-order valence-electron chi connectivity index (χ2n) is 5.38. The molecule has 1 amide bonds. The van der Waals surface area contributed by atoms with Crippen molar-refractivity contribution in [3.05, 3.63) is 65.2 Å². The van der Waals surface area contributed by atoms with E-state index in [1.165, 1.54) is 12.3 Å². The number of nitrogens with zero attached hydrogens (tertiary/aromatic N) is 2. The molecule has 0 bridgehead atoms. The minimum Gasteiger partial charge on any atom is -0.391 e. The van der Waals surface area contributed by atoms with Crippen molar-refractivity contribution in [3.8, 4) is 0 Å². The molecule has 1 aliphatic rings. The molecular weight excluding hydrogens is 309 g/mol. The summed E-state index contributed by atoms with van der Waals surface area (Å²) in [5.74, 6) is -2.84. The van der Waals surface area contributed by atoms with Gasteiger partial charge in [-0.15, -0.1) is 0 Å². The Hall–Kier alpha value is -2.41. The number of hydrogen-bond acceptors (Lipinski definition) is 3. The van der Waals surface area contributed by atoms with E-state index in [0.717, 1.165) is 29.3 Å². The summed E-state index contributed by atoms with van der Waals surface area (Å²) < 4.78 is 41.2. The third-order valence-corrected chi connectivity index (χ3v) is 3.86. The van der Waals surface area contributed by atoms with Gasteiger partial charge in [-0.1, -0.05) is 0 Å². The monoisotopic (exact) mass is 322 g/mol. The van der Waals surface area contributed by atoms with E-state index in [4.69, 9.17) is 0 Å². The third kappa shape index (κ3) is 2.92. The van der Waals surface area contributed by atoms with E-state index in [9.17, 15) is 23.1 Å². The number of pyridine rings is 1. The number of amides is 1. The largest absolute Gasteiger partial charge is 0.391 e. The number of aromatic nitrogens is 1. The van der Waals surface area contributed by atoms with Gasteiger partial charge in [0.05, 0.1) is 23.9 Å². The fraction of sp³-hybridized carbons (Fsp3) is 0.250. The average molecular weight is 322 g/mol. The van der Waals surface area contributed by atoms with Gasteiger partial charge in [-0.25, -0.2) is 13.2 Å². The van der Waals surface area contributed by atoms with E-state index in [1.807, 2.05) is 0 Å². The van der Waals surface area contributed by atoms with Gasteiger partial charge in [0.15, 0.2) is 5.82 Å². The number of hydrogen-bond donors (Lipinski definition) is 1. The second-order valence-corrected chi connectivity index (χ2v) is 5.38. The van der Waals surface area contributed by atoms with Crippen LogP contribution in [0.15, 0.2) is 36.7 Å². The van der Waals surface area contributed by atoms with Gasteiger partial charge in [-0.2, -0.15) is 0 Å². The number of halogens is 3. The van der Waals surface area contributed by atoms with Gasteiger partial charge in [0.1, 0.15) is 11.6 Å². The Morgan fingerprint density at radius 2 is 2.00 bits per heavy atom.